The number of carbonyl (C=O) groups excluding carboxylic acids is 1. The third-order valence-electron chi connectivity index (χ3n) is 4.67. The van der Waals surface area contributed by atoms with Crippen LogP contribution in [0.15, 0.2) is 24.3 Å². The molecule has 3 N–H and O–H groups in total. The molecule has 1 fully saturated rings. The molecule has 0 atom stereocenters. The van der Waals surface area contributed by atoms with Gasteiger partial charge in [-0.2, -0.15) is 0 Å². The van der Waals surface area contributed by atoms with Gasteiger partial charge < -0.3 is 16.0 Å². The lowest BCUT2D eigenvalue weighted by Gasteiger charge is -2.32. The van der Waals surface area contributed by atoms with E-state index >= 15 is 0 Å². The summed E-state index contributed by atoms with van der Waals surface area (Å²) in [6.45, 7) is 8.13. The Morgan fingerprint density at radius 2 is 2.04 bits per heavy atom. The molecule has 1 amide bonds. The lowest BCUT2D eigenvalue weighted by atomic mass is 9.89. The predicted molar refractivity (Wildman–Crippen MR) is 96.6 cm³/mol. The molecule has 0 aromatic heterocycles. The van der Waals surface area contributed by atoms with E-state index in [1.54, 1.807) is 0 Å². The molecule has 1 aromatic rings. The van der Waals surface area contributed by atoms with E-state index in [9.17, 15) is 4.79 Å². The normalized spacial score (nSPS) is 16.7. The first kappa shape index (κ1) is 18.0. The molecule has 1 heterocycles. The summed E-state index contributed by atoms with van der Waals surface area (Å²) in [7, 11) is 0. The lowest BCUT2D eigenvalue weighted by molar-refractivity contribution is -0.118. The number of hydrogen-bond donors (Lipinski definition) is 2. The summed E-state index contributed by atoms with van der Waals surface area (Å²) in [5.41, 5.74) is 7.84. The fourth-order valence-electron chi connectivity index (χ4n) is 3.13. The van der Waals surface area contributed by atoms with E-state index in [0.29, 0.717) is 5.92 Å². The average Bonchev–Trinajstić information content (AvgIpc) is 2.56. The Balaban J connectivity index is 1.87. The number of benzene rings is 1. The van der Waals surface area contributed by atoms with Crippen molar-refractivity contribution in [2.45, 2.75) is 45.4 Å². The molecule has 4 nitrogen and oxygen atoms in total. The van der Waals surface area contributed by atoms with Crippen LogP contribution >= 0.6 is 0 Å². The molecule has 4 heteroatoms. The fourth-order valence-corrected chi connectivity index (χ4v) is 3.13. The molecule has 1 aliphatic heterocycles. The number of hydrogen-bond acceptors (Lipinski definition) is 3. The highest BCUT2D eigenvalue weighted by atomic mass is 16.1. The van der Waals surface area contributed by atoms with Crippen LogP contribution in [-0.4, -0.2) is 37.0 Å². The number of rotatable bonds is 7. The number of nitrogens with one attached hydrogen (secondary N) is 1. The van der Waals surface area contributed by atoms with E-state index in [1.165, 1.54) is 31.4 Å². The van der Waals surface area contributed by atoms with E-state index in [0.717, 1.165) is 31.7 Å². The van der Waals surface area contributed by atoms with Gasteiger partial charge in [-0.15, -0.1) is 0 Å². The summed E-state index contributed by atoms with van der Waals surface area (Å²) < 4.78 is 0. The summed E-state index contributed by atoms with van der Waals surface area (Å²) in [6, 6.07) is 8.37. The van der Waals surface area contributed by atoms with Gasteiger partial charge in [0.2, 0.25) is 5.91 Å². The molecular formula is C19H31N3O. The van der Waals surface area contributed by atoms with Crippen LogP contribution in [0.4, 0.5) is 5.69 Å². The van der Waals surface area contributed by atoms with Gasteiger partial charge in [-0.05, 0) is 75.5 Å². The number of carbonyl (C=O) groups is 1. The molecule has 1 aliphatic rings. The minimum Gasteiger partial charge on any atom is -0.330 e. The van der Waals surface area contributed by atoms with Crippen molar-refractivity contribution in [3.63, 3.8) is 0 Å². The molecule has 0 radical (unpaired) electrons. The molecule has 0 aliphatic carbocycles. The Kier molecular flexibility index (Phi) is 7.06. The van der Waals surface area contributed by atoms with Crippen LogP contribution in [0.25, 0.3) is 0 Å². The zero-order valence-electron chi connectivity index (χ0n) is 14.6. The van der Waals surface area contributed by atoms with Crippen molar-refractivity contribution < 1.29 is 4.79 Å². The van der Waals surface area contributed by atoms with Crippen molar-refractivity contribution in [1.82, 2.24) is 4.90 Å². The average molecular weight is 317 g/mol. The van der Waals surface area contributed by atoms with Crippen LogP contribution < -0.4 is 11.1 Å². The Morgan fingerprint density at radius 3 is 2.70 bits per heavy atom. The third kappa shape index (κ3) is 5.63. The van der Waals surface area contributed by atoms with Crippen LogP contribution in [0, 0.1) is 5.92 Å². The smallest absolute Gasteiger partial charge is 0.226 e. The maximum atomic E-state index is 11.8. The van der Waals surface area contributed by atoms with Gasteiger partial charge in [0, 0.05) is 11.6 Å². The molecule has 0 saturated carbocycles. The zero-order valence-corrected chi connectivity index (χ0v) is 14.6. The van der Waals surface area contributed by atoms with Crippen molar-refractivity contribution in [2.75, 3.05) is 31.5 Å². The van der Waals surface area contributed by atoms with Crippen LogP contribution in [0.5, 0.6) is 0 Å². The second-order valence-corrected chi connectivity index (χ2v) is 6.88. The van der Waals surface area contributed by atoms with E-state index in [1.807, 2.05) is 19.9 Å². The Morgan fingerprint density at radius 1 is 1.30 bits per heavy atom. The van der Waals surface area contributed by atoms with Crippen molar-refractivity contribution in [3.8, 4) is 0 Å². The summed E-state index contributed by atoms with van der Waals surface area (Å²) in [4.78, 5) is 14.4. The number of piperidine rings is 1. The highest BCUT2D eigenvalue weighted by Gasteiger charge is 2.20. The van der Waals surface area contributed by atoms with E-state index in [2.05, 4.69) is 28.4 Å². The summed E-state index contributed by atoms with van der Waals surface area (Å²) in [5, 5.41) is 3.00. The molecule has 0 spiro atoms. The number of nitrogens with two attached hydrogens (primary N) is 1. The van der Waals surface area contributed by atoms with Crippen LogP contribution in [0.3, 0.4) is 0 Å². The molecule has 1 aromatic carbocycles. The summed E-state index contributed by atoms with van der Waals surface area (Å²) in [5.74, 6) is 0.698. The first-order chi connectivity index (χ1) is 11.1. The Bertz CT molecular complexity index is 493. The standard InChI is InChI=1S/C19H31N3O/c1-15(2)19(23)21-18-7-5-6-17(14-18)16-8-12-22(13-9-16)11-4-3-10-20/h5-7,14-16H,3-4,8-13,20H2,1-2H3,(H,21,23). The van der Waals surface area contributed by atoms with Crippen LogP contribution in [0.2, 0.25) is 0 Å². The second kappa shape index (κ2) is 9.04. The highest BCUT2D eigenvalue weighted by molar-refractivity contribution is 5.92. The molecule has 0 bridgehead atoms. The van der Waals surface area contributed by atoms with Gasteiger partial charge in [0.15, 0.2) is 0 Å². The maximum Gasteiger partial charge on any atom is 0.226 e. The van der Waals surface area contributed by atoms with Crippen molar-refractivity contribution in [1.29, 1.82) is 0 Å². The molecule has 0 unspecified atom stereocenters. The fraction of sp³-hybridized carbons (Fsp3) is 0.632. The van der Waals surface area contributed by atoms with E-state index < -0.39 is 0 Å². The lowest BCUT2D eigenvalue weighted by Crippen LogP contribution is -2.33. The maximum absolute atomic E-state index is 11.8. The van der Waals surface area contributed by atoms with Gasteiger partial charge in [0.05, 0.1) is 0 Å². The number of nitrogens with zero attached hydrogens (tertiary/aromatic N) is 1. The number of anilines is 1. The van der Waals surface area contributed by atoms with Gasteiger partial charge in [-0.3, -0.25) is 4.79 Å². The van der Waals surface area contributed by atoms with Gasteiger partial charge in [-0.1, -0.05) is 26.0 Å². The monoisotopic (exact) mass is 317 g/mol. The zero-order chi connectivity index (χ0) is 16.7. The van der Waals surface area contributed by atoms with Crippen molar-refractivity contribution in [2.24, 2.45) is 11.7 Å². The minimum absolute atomic E-state index is 0.00964. The van der Waals surface area contributed by atoms with E-state index in [4.69, 9.17) is 5.73 Å². The molecule has 128 valence electrons. The topological polar surface area (TPSA) is 58.4 Å². The molecule has 2 rings (SSSR count). The van der Waals surface area contributed by atoms with Gasteiger partial charge >= 0.3 is 0 Å². The minimum atomic E-state index is 0.00964. The number of likely N-dealkylation sites (tertiary alicyclic amines) is 1. The van der Waals surface area contributed by atoms with E-state index in [-0.39, 0.29) is 11.8 Å². The number of unbranched alkanes of at least 4 members (excludes halogenated alkanes) is 1. The summed E-state index contributed by atoms with van der Waals surface area (Å²) in [6.07, 6.45) is 4.73. The van der Waals surface area contributed by atoms with Gasteiger partial charge in [0.25, 0.3) is 0 Å². The second-order valence-electron chi connectivity index (χ2n) is 6.88. The predicted octanol–water partition coefficient (Wildman–Crippen LogP) is 3.20. The SMILES string of the molecule is CC(C)C(=O)Nc1cccc(C2CCN(CCCCN)CC2)c1. The first-order valence-electron chi connectivity index (χ1n) is 8.93. The molecular weight excluding hydrogens is 286 g/mol. The van der Waals surface area contributed by atoms with Crippen LogP contribution in [-0.2, 0) is 4.79 Å². The Hall–Kier alpha value is -1.39. The quantitative estimate of drug-likeness (QED) is 0.759. The van der Waals surface area contributed by atoms with Crippen molar-refractivity contribution in [3.05, 3.63) is 29.8 Å². The third-order valence-corrected chi connectivity index (χ3v) is 4.67. The number of amides is 1. The summed E-state index contributed by atoms with van der Waals surface area (Å²) >= 11 is 0. The van der Waals surface area contributed by atoms with Crippen molar-refractivity contribution >= 4 is 11.6 Å². The first-order valence-corrected chi connectivity index (χ1v) is 8.93. The molecule has 23 heavy (non-hydrogen) atoms. The van der Waals surface area contributed by atoms with Gasteiger partial charge in [0.1, 0.15) is 0 Å². The Labute approximate surface area is 140 Å². The largest absolute Gasteiger partial charge is 0.330 e. The van der Waals surface area contributed by atoms with Gasteiger partial charge in [-0.25, -0.2) is 0 Å². The van der Waals surface area contributed by atoms with Crippen LogP contribution in [0.1, 0.15) is 51.0 Å². The highest BCUT2D eigenvalue weighted by Crippen LogP contribution is 2.29. The molecule has 1 saturated heterocycles.